The summed E-state index contributed by atoms with van der Waals surface area (Å²) in [5.41, 5.74) is 3.64. The number of thiazole rings is 1. The Hall–Kier alpha value is -2.01. The number of aromatic nitrogens is 1. The molecule has 4 rings (SSSR count). The summed E-state index contributed by atoms with van der Waals surface area (Å²) in [7, 11) is 0. The van der Waals surface area contributed by atoms with Crippen LogP contribution in [0.2, 0.25) is 0 Å². The summed E-state index contributed by atoms with van der Waals surface area (Å²) in [5.74, 6) is 0.873. The van der Waals surface area contributed by atoms with E-state index in [1.165, 1.54) is 17.7 Å². The summed E-state index contributed by atoms with van der Waals surface area (Å²) in [6.45, 7) is 2.80. The number of ketones is 1. The van der Waals surface area contributed by atoms with E-state index in [1.807, 2.05) is 47.3 Å². The van der Waals surface area contributed by atoms with Gasteiger partial charge in [0, 0.05) is 18.9 Å². The summed E-state index contributed by atoms with van der Waals surface area (Å²) >= 11 is 1.63. The molecule has 2 bridgehead atoms. The van der Waals surface area contributed by atoms with Crippen LogP contribution < -0.4 is 4.57 Å². The molecule has 142 valence electrons. The van der Waals surface area contributed by atoms with Gasteiger partial charge >= 0.3 is 5.97 Å². The average Bonchev–Trinajstić information content (AvgIpc) is 3.40. The Labute approximate surface area is 164 Å². The molecule has 0 atom stereocenters. The van der Waals surface area contributed by atoms with E-state index in [9.17, 15) is 9.59 Å². The van der Waals surface area contributed by atoms with Gasteiger partial charge in [-0.3, -0.25) is 9.59 Å². The average molecular weight is 385 g/mol. The Morgan fingerprint density at radius 1 is 1.22 bits per heavy atom. The van der Waals surface area contributed by atoms with E-state index in [-0.39, 0.29) is 17.2 Å². The first-order valence-electron chi connectivity index (χ1n) is 9.79. The number of benzene rings is 1. The summed E-state index contributed by atoms with van der Waals surface area (Å²) in [6, 6.07) is 9.38. The molecule has 0 saturated heterocycles. The maximum atomic E-state index is 12.5. The minimum atomic E-state index is -0.169. The zero-order chi connectivity index (χ0) is 18.9. The highest BCUT2D eigenvalue weighted by Gasteiger charge is 2.51. The molecule has 0 amide bonds. The second-order valence-corrected chi connectivity index (χ2v) is 8.90. The number of rotatable bonds is 7. The van der Waals surface area contributed by atoms with E-state index in [0.717, 1.165) is 36.4 Å². The smallest absolute Gasteiger partial charge is 0.312 e. The van der Waals surface area contributed by atoms with E-state index in [1.54, 1.807) is 11.3 Å². The first kappa shape index (κ1) is 18.4. The largest absolute Gasteiger partial charge is 0.465 e. The number of nitrogens with zero attached hydrogens (tertiary/aromatic N) is 1. The fourth-order valence-corrected chi connectivity index (χ4v) is 5.56. The lowest BCUT2D eigenvalue weighted by Crippen LogP contribution is -2.38. The highest BCUT2D eigenvalue weighted by Crippen LogP contribution is 2.54. The van der Waals surface area contributed by atoms with Crippen LogP contribution in [0.15, 0.2) is 35.8 Å². The van der Waals surface area contributed by atoms with Crippen molar-refractivity contribution in [2.45, 2.75) is 52.0 Å². The SMILES string of the molecule is Cc1c(CCOC(=O)C23CCC(CC2)C3)sc[n+]1CC(=O)c1ccccc1. The quantitative estimate of drug-likeness (QED) is 0.413. The van der Waals surface area contributed by atoms with Crippen molar-refractivity contribution in [2.24, 2.45) is 11.3 Å². The van der Waals surface area contributed by atoms with Crippen LogP contribution in [0.3, 0.4) is 0 Å². The van der Waals surface area contributed by atoms with Crippen molar-refractivity contribution < 1.29 is 18.9 Å². The molecule has 4 nitrogen and oxygen atoms in total. The van der Waals surface area contributed by atoms with E-state index in [4.69, 9.17) is 4.74 Å². The molecule has 1 aromatic carbocycles. The van der Waals surface area contributed by atoms with Crippen molar-refractivity contribution in [3.05, 3.63) is 52.0 Å². The Morgan fingerprint density at radius 3 is 2.63 bits per heavy atom. The van der Waals surface area contributed by atoms with E-state index < -0.39 is 0 Å². The Morgan fingerprint density at radius 2 is 1.96 bits per heavy atom. The minimum absolute atomic E-state index is 0.0174. The van der Waals surface area contributed by atoms with Gasteiger partial charge in [0.05, 0.1) is 16.9 Å². The highest BCUT2D eigenvalue weighted by molar-refractivity contribution is 7.09. The monoisotopic (exact) mass is 384 g/mol. The molecular weight excluding hydrogens is 358 g/mol. The van der Waals surface area contributed by atoms with Gasteiger partial charge in [-0.25, -0.2) is 0 Å². The van der Waals surface area contributed by atoms with E-state index in [0.29, 0.717) is 19.6 Å². The zero-order valence-corrected chi connectivity index (χ0v) is 16.6. The third kappa shape index (κ3) is 3.70. The molecule has 2 saturated carbocycles. The Kier molecular flexibility index (Phi) is 5.13. The van der Waals surface area contributed by atoms with Gasteiger partial charge in [0.2, 0.25) is 17.8 Å². The standard InChI is InChI=1S/C22H26NO3S/c1-16-20(9-12-26-21(25)22-10-7-17(13-22)8-11-22)27-15-23(16)14-19(24)18-5-3-2-4-6-18/h2-6,15,17H,7-14H2,1H3/q+1. The van der Waals surface area contributed by atoms with Gasteiger partial charge in [-0.1, -0.05) is 41.7 Å². The second kappa shape index (κ2) is 7.55. The number of carbonyl (C=O) groups is 2. The van der Waals surface area contributed by atoms with Crippen LogP contribution in [0.25, 0.3) is 0 Å². The van der Waals surface area contributed by atoms with Crippen LogP contribution >= 0.6 is 11.3 Å². The summed E-state index contributed by atoms with van der Waals surface area (Å²) in [5, 5.41) is 0. The molecule has 5 heteroatoms. The van der Waals surface area contributed by atoms with Crippen LogP contribution in [-0.2, 0) is 22.5 Å². The van der Waals surface area contributed by atoms with Gasteiger partial charge < -0.3 is 4.74 Å². The Bertz CT molecular complexity index is 834. The maximum Gasteiger partial charge on any atom is 0.312 e. The van der Waals surface area contributed by atoms with Crippen LogP contribution in [0, 0.1) is 18.3 Å². The molecule has 2 aliphatic carbocycles. The number of carbonyl (C=O) groups excluding carboxylic acids is 2. The molecule has 2 aliphatic rings. The molecule has 1 heterocycles. The van der Waals surface area contributed by atoms with Crippen LogP contribution in [0.1, 0.15) is 53.0 Å². The van der Waals surface area contributed by atoms with Crippen molar-refractivity contribution in [1.82, 2.24) is 0 Å². The predicted octanol–water partition coefficient (Wildman–Crippen LogP) is 3.89. The molecule has 27 heavy (non-hydrogen) atoms. The van der Waals surface area contributed by atoms with Gasteiger partial charge in [0.15, 0.2) is 5.69 Å². The van der Waals surface area contributed by atoms with Crippen LogP contribution in [-0.4, -0.2) is 18.4 Å². The van der Waals surface area contributed by atoms with E-state index >= 15 is 0 Å². The molecule has 0 radical (unpaired) electrons. The van der Waals surface area contributed by atoms with Gasteiger partial charge in [-0.05, 0) is 38.0 Å². The number of hydrogen-bond donors (Lipinski definition) is 0. The van der Waals surface area contributed by atoms with Crippen LogP contribution in [0.5, 0.6) is 0 Å². The van der Waals surface area contributed by atoms with Crippen molar-refractivity contribution in [3.8, 4) is 0 Å². The third-order valence-corrected chi connectivity index (χ3v) is 7.45. The number of fused-ring (bicyclic) bond motifs is 2. The van der Waals surface area contributed by atoms with Gasteiger partial charge in [-0.2, -0.15) is 4.57 Å². The van der Waals surface area contributed by atoms with Crippen molar-refractivity contribution in [1.29, 1.82) is 0 Å². The molecule has 2 fully saturated rings. The number of hydrogen-bond acceptors (Lipinski definition) is 4. The van der Waals surface area contributed by atoms with Gasteiger partial charge in [0.25, 0.3) is 0 Å². The third-order valence-electron chi connectivity index (χ3n) is 6.30. The first-order chi connectivity index (χ1) is 13.1. The van der Waals surface area contributed by atoms with E-state index in [2.05, 4.69) is 0 Å². The zero-order valence-electron chi connectivity index (χ0n) is 15.8. The Balaban J connectivity index is 1.31. The molecule has 0 unspecified atom stereocenters. The fraction of sp³-hybridized carbons (Fsp3) is 0.500. The number of Topliss-reactive ketones (excluding diaryl/α,β-unsaturated/α-hetero) is 1. The van der Waals surface area contributed by atoms with Crippen molar-refractivity contribution >= 4 is 23.1 Å². The minimum Gasteiger partial charge on any atom is -0.465 e. The lowest BCUT2D eigenvalue weighted by Gasteiger charge is -2.23. The molecule has 0 N–H and O–H groups in total. The van der Waals surface area contributed by atoms with Crippen LogP contribution in [0.4, 0.5) is 0 Å². The lowest BCUT2D eigenvalue weighted by atomic mass is 9.84. The summed E-state index contributed by atoms with van der Waals surface area (Å²) in [6.07, 6.45) is 6.15. The lowest BCUT2D eigenvalue weighted by molar-refractivity contribution is -0.684. The molecule has 0 spiro atoms. The first-order valence-corrected chi connectivity index (χ1v) is 10.7. The topological polar surface area (TPSA) is 47.2 Å². The highest BCUT2D eigenvalue weighted by atomic mass is 32.1. The summed E-state index contributed by atoms with van der Waals surface area (Å²) < 4.78 is 7.65. The second-order valence-electron chi connectivity index (χ2n) is 7.96. The molecule has 0 aliphatic heterocycles. The summed E-state index contributed by atoms with van der Waals surface area (Å²) in [4.78, 5) is 26.1. The molecular formula is C22H26NO3S+. The predicted molar refractivity (Wildman–Crippen MR) is 104 cm³/mol. The van der Waals surface area contributed by atoms with Crippen molar-refractivity contribution in [2.75, 3.05) is 6.61 Å². The molecule has 1 aromatic heterocycles. The molecule has 2 aromatic rings. The maximum absolute atomic E-state index is 12.5. The number of esters is 1. The van der Waals surface area contributed by atoms with Gasteiger partial charge in [0.1, 0.15) is 0 Å². The normalized spacial score (nSPS) is 23.5. The fourth-order valence-electron chi connectivity index (χ4n) is 4.59. The van der Waals surface area contributed by atoms with Crippen molar-refractivity contribution in [3.63, 3.8) is 0 Å². The van der Waals surface area contributed by atoms with Gasteiger partial charge in [-0.15, -0.1) is 0 Å². The number of ether oxygens (including phenoxy) is 1.